The van der Waals surface area contributed by atoms with Crippen molar-refractivity contribution in [2.45, 2.75) is 30.2 Å². The molecule has 0 saturated carbocycles. The van der Waals surface area contributed by atoms with Gasteiger partial charge in [0.1, 0.15) is 6.04 Å². The fourth-order valence-electron chi connectivity index (χ4n) is 4.12. The third kappa shape index (κ3) is 4.80. The van der Waals surface area contributed by atoms with E-state index in [-0.39, 0.29) is 18.3 Å². The van der Waals surface area contributed by atoms with Gasteiger partial charge in [-0.25, -0.2) is 4.98 Å². The summed E-state index contributed by atoms with van der Waals surface area (Å²) in [5.41, 5.74) is 8.09. The van der Waals surface area contributed by atoms with Gasteiger partial charge in [0.2, 0.25) is 5.91 Å². The van der Waals surface area contributed by atoms with Crippen LogP contribution in [0, 0.1) is 0 Å². The number of nitrogens with two attached hydrogens (primary N) is 1. The highest BCUT2D eigenvalue weighted by Gasteiger charge is 2.38. The number of rotatable bonds is 3. The number of thiazole rings is 1. The summed E-state index contributed by atoms with van der Waals surface area (Å²) in [6, 6.07) is 12.1. The number of benzene rings is 2. The minimum atomic E-state index is -2.26. The average molecular weight is 492 g/mol. The molecule has 1 amide bonds. The van der Waals surface area contributed by atoms with Gasteiger partial charge in [0, 0.05) is 47.4 Å². The Hall–Kier alpha value is -2.46. The van der Waals surface area contributed by atoms with Gasteiger partial charge in [0.25, 0.3) is 0 Å². The Morgan fingerprint density at radius 2 is 2.00 bits per heavy atom. The van der Waals surface area contributed by atoms with Gasteiger partial charge in [-0.05, 0) is 72.3 Å². The summed E-state index contributed by atoms with van der Waals surface area (Å²) in [5, 5.41) is 3.24. The van der Waals surface area contributed by atoms with E-state index in [9.17, 15) is 13.6 Å². The predicted molar refractivity (Wildman–Crippen MR) is 130 cm³/mol. The third-order valence-electron chi connectivity index (χ3n) is 5.58. The number of nitrogens with zero attached hydrogens (tertiary/aromatic N) is 3. The van der Waals surface area contributed by atoms with Gasteiger partial charge in [-0.2, -0.15) is 0 Å². The molecule has 0 spiro atoms. The highest BCUT2D eigenvalue weighted by atomic mass is 35.5. The van der Waals surface area contributed by atoms with Gasteiger partial charge < -0.3 is 20.1 Å². The van der Waals surface area contributed by atoms with E-state index in [4.69, 9.17) is 17.3 Å². The molecule has 10 heteroatoms. The summed E-state index contributed by atoms with van der Waals surface area (Å²) in [4.78, 5) is 20.9. The lowest BCUT2D eigenvalue weighted by molar-refractivity contribution is -0.118. The summed E-state index contributed by atoms with van der Waals surface area (Å²) >= 11 is 5.53. The molecule has 5 rings (SSSR count). The van der Waals surface area contributed by atoms with E-state index >= 15 is 0 Å². The van der Waals surface area contributed by atoms with Crippen LogP contribution in [-0.4, -0.2) is 38.8 Å². The van der Waals surface area contributed by atoms with Crippen LogP contribution in [0.4, 0.5) is 16.5 Å². The van der Waals surface area contributed by atoms with Crippen molar-refractivity contribution in [2.75, 3.05) is 28.6 Å². The predicted octanol–water partition coefficient (Wildman–Crippen LogP) is 4.11. The zero-order chi connectivity index (χ0) is 22.7. The Kier molecular flexibility index (Phi) is 7.10. The first-order valence-electron chi connectivity index (χ1n) is 10.2. The molecule has 2 aliphatic heterocycles. The first-order valence-corrected chi connectivity index (χ1v) is 12.5. The quantitative estimate of drug-likeness (QED) is 0.553. The molecule has 0 bridgehead atoms. The molecule has 1 unspecified atom stereocenters. The van der Waals surface area contributed by atoms with Crippen molar-refractivity contribution in [3.63, 3.8) is 0 Å². The van der Waals surface area contributed by atoms with Gasteiger partial charge in [-0.1, -0.05) is 17.7 Å². The van der Waals surface area contributed by atoms with Crippen LogP contribution in [0.2, 0.25) is 5.02 Å². The van der Waals surface area contributed by atoms with E-state index in [2.05, 4.69) is 9.88 Å². The summed E-state index contributed by atoms with van der Waals surface area (Å²) in [6.07, 6.45) is 4.33. The highest BCUT2D eigenvalue weighted by Crippen LogP contribution is 2.36. The van der Waals surface area contributed by atoms with E-state index in [0.717, 1.165) is 47.8 Å². The van der Waals surface area contributed by atoms with Crippen LogP contribution in [0.5, 0.6) is 0 Å². The summed E-state index contributed by atoms with van der Waals surface area (Å²) in [6.45, 7) is 1.46. The van der Waals surface area contributed by atoms with Gasteiger partial charge in [-0.15, -0.1) is 11.3 Å². The number of halogens is 1. The third-order valence-corrected chi connectivity index (χ3v) is 7.19. The Morgan fingerprint density at radius 1 is 1.22 bits per heavy atom. The second-order valence-corrected chi connectivity index (χ2v) is 9.70. The van der Waals surface area contributed by atoms with Crippen molar-refractivity contribution in [2.24, 2.45) is 0 Å². The van der Waals surface area contributed by atoms with E-state index in [1.165, 1.54) is 23.5 Å². The second-order valence-electron chi connectivity index (χ2n) is 7.43. The summed E-state index contributed by atoms with van der Waals surface area (Å²) in [7, 11) is 0. The zero-order valence-electron chi connectivity index (χ0n) is 17.1. The number of anilines is 3. The molecule has 3 aromatic rings. The molecule has 2 aliphatic rings. The van der Waals surface area contributed by atoms with Gasteiger partial charge in [-0.3, -0.25) is 9.00 Å². The van der Waals surface area contributed by atoms with Crippen molar-refractivity contribution in [1.82, 2.24) is 4.98 Å². The van der Waals surface area contributed by atoms with Gasteiger partial charge in [0.15, 0.2) is 5.13 Å². The van der Waals surface area contributed by atoms with E-state index in [1.54, 1.807) is 23.2 Å². The molecule has 1 aromatic heterocycles. The Morgan fingerprint density at radius 3 is 2.62 bits per heavy atom. The normalized spacial score (nSPS) is 18.7. The van der Waals surface area contributed by atoms with Crippen LogP contribution in [0.25, 0.3) is 0 Å². The number of aromatic nitrogens is 1. The number of hydrogen-bond acceptors (Lipinski definition) is 7. The summed E-state index contributed by atoms with van der Waals surface area (Å²) < 4.78 is 22.0. The Bertz CT molecular complexity index is 1120. The number of amides is 1. The van der Waals surface area contributed by atoms with E-state index in [1.807, 2.05) is 23.6 Å². The minimum absolute atomic E-state index is 0. The second kappa shape index (κ2) is 9.99. The number of carbonyl (C=O) groups excluding carboxylic acids is 1. The first-order chi connectivity index (χ1) is 15.5. The number of nitrogen functional groups attached to an aromatic ring is 1. The largest absolute Gasteiger partial charge is 0.768 e. The zero-order valence-corrected chi connectivity index (χ0v) is 19.5. The average Bonchev–Trinajstić information content (AvgIpc) is 3.43. The molecule has 7 nitrogen and oxygen atoms in total. The molecular formula is C22H24ClN4O3S2-. The minimum Gasteiger partial charge on any atom is -0.768 e. The maximum absolute atomic E-state index is 13.0. The molecule has 170 valence electrons. The molecule has 2 N–H and O–H groups in total. The van der Waals surface area contributed by atoms with Crippen LogP contribution in [0.15, 0.2) is 58.9 Å². The first kappa shape index (κ1) is 22.7. The maximum Gasteiger partial charge on any atom is 0.249 e. The van der Waals surface area contributed by atoms with Crippen LogP contribution in [0.1, 0.15) is 19.8 Å². The molecule has 1 saturated heterocycles. The molecule has 2 atom stereocenters. The number of hydrogen-bond donors (Lipinski definition) is 1. The molecule has 32 heavy (non-hydrogen) atoms. The monoisotopic (exact) mass is 491 g/mol. The van der Waals surface area contributed by atoms with Crippen molar-refractivity contribution < 1.29 is 15.0 Å². The fourth-order valence-corrected chi connectivity index (χ4v) is 5.12. The molecule has 2 aromatic carbocycles. The van der Waals surface area contributed by atoms with Gasteiger partial charge in [0.05, 0.1) is 0 Å². The Labute approximate surface area is 199 Å². The van der Waals surface area contributed by atoms with Crippen LogP contribution >= 0.6 is 22.9 Å². The van der Waals surface area contributed by atoms with E-state index in [0.29, 0.717) is 11.7 Å². The fraction of sp³-hybridized carbons (Fsp3) is 0.273. The number of carbonyl (C=O) groups is 1. The maximum atomic E-state index is 13.0. The molecule has 0 aliphatic carbocycles. The Balaban J connectivity index is 0.000000382. The van der Waals surface area contributed by atoms with Crippen LogP contribution < -0.4 is 15.5 Å². The lowest BCUT2D eigenvalue weighted by Crippen LogP contribution is -2.44. The number of fused-ring (bicyclic) bond motifs is 1. The smallest absolute Gasteiger partial charge is 0.249 e. The van der Waals surface area contributed by atoms with Crippen molar-refractivity contribution >= 4 is 56.4 Å². The lowest BCUT2D eigenvalue weighted by atomic mass is 9.99. The van der Waals surface area contributed by atoms with Gasteiger partial charge >= 0.3 is 0 Å². The SMILES string of the molecule is Nc1nccs1.O=C1[C@@H](N2CCCc3c(Cl)cccc32)CCN1c1ccc(S(=O)[O-])cc1.[HH]. The molecule has 0 radical (unpaired) electrons. The topological polar surface area (TPSA) is 103 Å². The van der Waals surface area contributed by atoms with Crippen LogP contribution in [-0.2, 0) is 22.3 Å². The van der Waals surface area contributed by atoms with Crippen LogP contribution in [0.3, 0.4) is 0 Å². The van der Waals surface area contributed by atoms with E-state index < -0.39 is 11.1 Å². The van der Waals surface area contributed by atoms with Crippen molar-refractivity contribution in [1.29, 1.82) is 0 Å². The van der Waals surface area contributed by atoms with Crippen molar-refractivity contribution in [3.8, 4) is 0 Å². The molecule has 1 fully saturated rings. The molecular weight excluding hydrogens is 468 g/mol. The highest BCUT2D eigenvalue weighted by molar-refractivity contribution is 7.79. The lowest BCUT2D eigenvalue weighted by Gasteiger charge is -2.35. The summed E-state index contributed by atoms with van der Waals surface area (Å²) in [5.74, 6) is 0.0498. The molecule has 3 heterocycles. The van der Waals surface area contributed by atoms with Crippen molar-refractivity contribution in [3.05, 3.63) is 64.6 Å². The standard InChI is InChI=1S/C19H19ClN2O3S.C3H4N2S.H2/c20-16-4-1-5-17-15(16)3-2-11-22(17)18-10-12-21(19(18)23)13-6-8-14(9-7-13)26(24)25;4-3-5-1-2-6-3;/h1,4-9,18H,2-3,10-12H2,(H,24,25);1-2H,(H2,4,5);1H/p-1/t18-;;/m0../s1.